The van der Waals surface area contributed by atoms with Crippen LogP contribution in [0.5, 0.6) is 0 Å². The van der Waals surface area contributed by atoms with E-state index in [2.05, 4.69) is 10.3 Å². The molecule has 1 heterocycles. The molecule has 6 nitrogen and oxygen atoms in total. The first-order valence-electron chi connectivity index (χ1n) is 3.82. The molecular weight excluding hydrogens is 186 g/mol. The molecule has 0 aliphatic carbocycles. The summed E-state index contributed by atoms with van der Waals surface area (Å²) in [5.74, 6) is -1.59. The number of hydrogen-bond donors (Lipinski definition) is 3. The Morgan fingerprint density at radius 3 is 2.86 bits per heavy atom. The zero-order chi connectivity index (χ0) is 10.6. The van der Waals surface area contributed by atoms with Crippen LogP contribution in [0, 0.1) is 0 Å². The Balaban J connectivity index is 2.95. The molecule has 0 radical (unpaired) electrons. The van der Waals surface area contributed by atoms with Gasteiger partial charge in [0.2, 0.25) is 5.91 Å². The van der Waals surface area contributed by atoms with Crippen molar-refractivity contribution in [1.82, 2.24) is 4.98 Å². The van der Waals surface area contributed by atoms with Gasteiger partial charge >= 0.3 is 5.97 Å². The number of nitrogens with zero attached hydrogens (tertiary/aromatic N) is 1. The van der Waals surface area contributed by atoms with Crippen LogP contribution in [0.4, 0.5) is 5.69 Å². The second-order valence-electron chi connectivity index (χ2n) is 2.48. The van der Waals surface area contributed by atoms with Crippen molar-refractivity contribution < 1.29 is 14.7 Å². The summed E-state index contributed by atoms with van der Waals surface area (Å²) < 4.78 is 0. The topological polar surface area (TPSA) is 105 Å². The minimum Gasteiger partial charge on any atom is -0.478 e. The SMILES string of the molecule is NCC(=O)Nc1ccncc1C(=O)O. The number of anilines is 1. The monoisotopic (exact) mass is 195 g/mol. The summed E-state index contributed by atoms with van der Waals surface area (Å²) >= 11 is 0. The van der Waals surface area contributed by atoms with E-state index in [-0.39, 0.29) is 17.8 Å². The summed E-state index contributed by atoms with van der Waals surface area (Å²) in [5, 5.41) is 11.1. The van der Waals surface area contributed by atoms with Crippen LogP contribution in [0.25, 0.3) is 0 Å². The Morgan fingerprint density at radius 1 is 1.57 bits per heavy atom. The van der Waals surface area contributed by atoms with E-state index in [4.69, 9.17) is 10.8 Å². The maximum absolute atomic E-state index is 10.9. The molecule has 0 saturated carbocycles. The maximum Gasteiger partial charge on any atom is 0.339 e. The largest absolute Gasteiger partial charge is 0.478 e. The standard InChI is InChI=1S/C8H9N3O3/c9-3-7(12)11-6-1-2-10-4-5(6)8(13)14/h1-2,4H,3,9H2,(H,13,14)(H,10,11,12). The van der Waals surface area contributed by atoms with E-state index in [1.165, 1.54) is 12.3 Å². The van der Waals surface area contributed by atoms with Gasteiger partial charge in [-0.25, -0.2) is 4.79 Å². The van der Waals surface area contributed by atoms with E-state index in [1.54, 1.807) is 0 Å². The van der Waals surface area contributed by atoms with Crippen LogP contribution < -0.4 is 11.1 Å². The molecule has 4 N–H and O–H groups in total. The lowest BCUT2D eigenvalue weighted by Gasteiger charge is -2.05. The molecule has 1 amide bonds. The van der Waals surface area contributed by atoms with Crippen molar-refractivity contribution in [3.8, 4) is 0 Å². The molecular formula is C8H9N3O3. The second kappa shape index (κ2) is 4.33. The molecule has 0 unspecified atom stereocenters. The van der Waals surface area contributed by atoms with Crippen molar-refractivity contribution in [2.24, 2.45) is 5.73 Å². The number of nitrogens with two attached hydrogens (primary N) is 1. The Kier molecular flexibility index (Phi) is 3.14. The third-order valence-corrected chi connectivity index (χ3v) is 1.51. The summed E-state index contributed by atoms with van der Waals surface area (Å²) in [6.07, 6.45) is 2.55. The highest BCUT2D eigenvalue weighted by Crippen LogP contribution is 2.12. The number of carboxylic acids is 1. The number of pyridine rings is 1. The highest BCUT2D eigenvalue weighted by atomic mass is 16.4. The van der Waals surface area contributed by atoms with Crippen molar-refractivity contribution in [2.75, 3.05) is 11.9 Å². The van der Waals surface area contributed by atoms with Crippen LogP contribution in [0.3, 0.4) is 0 Å². The molecule has 6 heteroatoms. The minimum absolute atomic E-state index is 0.0608. The van der Waals surface area contributed by atoms with Crippen molar-refractivity contribution >= 4 is 17.6 Å². The van der Waals surface area contributed by atoms with Crippen molar-refractivity contribution in [1.29, 1.82) is 0 Å². The predicted octanol–water partition coefficient (Wildman–Crippen LogP) is -0.323. The zero-order valence-electron chi connectivity index (χ0n) is 7.23. The molecule has 0 aliphatic heterocycles. The normalized spacial score (nSPS) is 9.50. The van der Waals surface area contributed by atoms with Crippen LogP contribution in [-0.4, -0.2) is 28.5 Å². The lowest BCUT2D eigenvalue weighted by molar-refractivity contribution is -0.114. The fourth-order valence-electron chi connectivity index (χ4n) is 0.875. The summed E-state index contributed by atoms with van der Waals surface area (Å²) in [7, 11) is 0. The third-order valence-electron chi connectivity index (χ3n) is 1.51. The van der Waals surface area contributed by atoms with E-state index in [0.717, 1.165) is 6.20 Å². The van der Waals surface area contributed by atoms with Crippen LogP contribution >= 0.6 is 0 Å². The molecule has 0 bridgehead atoms. The summed E-state index contributed by atoms with van der Waals surface area (Å²) in [4.78, 5) is 25.2. The number of hydrogen-bond acceptors (Lipinski definition) is 4. The van der Waals surface area contributed by atoms with E-state index < -0.39 is 11.9 Å². The first-order valence-corrected chi connectivity index (χ1v) is 3.82. The smallest absolute Gasteiger partial charge is 0.339 e. The Morgan fingerprint density at radius 2 is 2.29 bits per heavy atom. The van der Waals surface area contributed by atoms with Gasteiger partial charge in [0.1, 0.15) is 5.56 Å². The number of aromatic carboxylic acids is 1. The minimum atomic E-state index is -1.15. The Bertz CT molecular complexity index is 365. The van der Waals surface area contributed by atoms with Crippen LogP contribution in [0.2, 0.25) is 0 Å². The fourth-order valence-corrected chi connectivity index (χ4v) is 0.875. The van der Waals surface area contributed by atoms with E-state index in [9.17, 15) is 9.59 Å². The molecule has 0 fully saturated rings. The summed E-state index contributed by atoms with van der Waals surface area (Å²) in [6.45, 7) is -0.193. The average molecular weight is 195 g/mol. The lowest BCUT2D eigenvalue weighted by Crippen LogP contribution is -2.23. The molecule has 0 aliphatic rings. The predicted molar refractivity (Wildman–Crippen MR) is 48.9 cm³/mol. The first-order chi connectivity index (χ1) is 6.65. The van der Waals surface area contributed by atoms with Crippen molar-refractivity contribution in [2.45, 2.75) is 0 Å². The molecule has 0 spiro atoms. The van der Waals surface area contributed by atoms with Crippen molar-refractivity contribution in [3.05, 3.63) is 24.0 Å². The first kappa shape index (κ1) is 10.1. The number of rotatable bonds is 3. The lowest BCUT2D eigenvalue weighted by atomic mass is 10.2. The molecule has 0 atom stereocenters. The number of nitrogens with one attached hydrogen (secondary N) is 1. The number of carbonyl (C=O) groups is 2. The van der Waals surface area contributed by atoms with Gasteiger partial charge in [0.05, 0.1) is 12.2 Å². The van der Waals surface area contributed by atoms with Gasteiger partial charge in [0, 0.05) is 12.4 Å². The number of carbonyl (C=O) groups excluding carboxylic acids is 1. The van der Waals surface area contributed by atoms with Gasteiger partial charge in [-0.15, -0.1) is 0 Å². The summed E-state index contributed by atoms with van der Waals surface area (Å²) in [5.41, 5.74) is 5.21. The molecule has 1 aromatic heterocycles. The van der Waals surface area contributed by atoms with Gasteiger partial charge in [-0.1, -0.05) is 0 Å². The van der Waals surface area contributed by atoms with Crippen LogP contribution in [0.15, 0.2) is 18.5 Å². The maximum atomic E-state index is 10.9. The van der Waals surface area contributed by atoms with Gasteiger partial charge in [-0.3, -0.25) is 9.78 Å². The van der Waals surface area contributed by atoms with Gasteiger partial charge in [-0.05, 0) is 6.07 Å². The molecule has 1 rings (SSSR count). The third kappa shape index (κ3) is 2.27. The number of carboxylic acid groups (broad SMARTS) is 1. The van der Waals surface area contributed by atoms with E-state index >= 15 is 0 Å². The van der Waals surface area contributed by atoms with Crippen molar-refractivity contribution in [3.63, 3.8) is 0 Å². The fraction of sp³-hybridized carbons (Fsp3) is 0.125. The Hall–Kier alpha value is -1.95. The quantitative estimate of drug-likeness (QED) is 0.612. The number of amides is 1. The van der Waals surface area contributed by atoms with Crippen LogP contribution in [-0.2, 0) is 4.79 Å². The second-order valence-corrected chi connectivity index (χ2v) is 2.48. The van der Waals surface area contributed by atoms with Gasteiger partial charge in [-0.2, -0.15) is 0 Å². The Labute approximate surface area is 79.8 Å². The van der Waals surface area contributed by atoms with E-state index in [1.807, 2.05) is 0 Å². The molecule has 1 aromatic rings. The molecule has 0 saturated heterocycles. The van der Waals surface area contributed by atoms with Crippen LogP contribution in [0.1, 0.15) is 10.4 Å². The van der Waals surface area contributed by atoms with Gasteiger partial charge in [0.25, 0.3) is 0 Å². The molecule has 74 valence electrons. The van der Waals surface area contributed by atoms with Gasteiger partial charge < -0.3 is 16.2 Å². The highest BCUT2D eigenvalue weighted by molar-refractivity contribution is 6.00. The molecule has 0 aromatic carbocycles. The highest BCUT2D eigenvalue weighted by Gasteiger charge is 2.10. The van der Waals surface area contributed by atoms with Gasteiger partial charge in [0.15, 0.2) is 0 Å². The zero-order valence-corrected chi connectivity index (χ0v) is 7.23. The summed E-state index contributed by atoms with van der Waals surface area (Å²) in [6, 6.07) is 1.40. The van der Waals surface area contributed by atoms with E-state index in [0.29, 0.717) is 0 Å². The number of aromatic nitrogens is 1. The average Bonchev–Trinajstić information content (AvgIpc) is 2.18. The molecule has 14 heavy (non-hydrogen) atoms.